The van der Waals surface area contributed by atoms with E-state index in [2.05, 4.69) is 22.0 Å². The number of hydrogen-bond acceptors (Lipinski definition) is 5. The summed E-state index contributed by atoms with van der Waals surface area (Å²) in [5.74, 6) is 0. The molecule has 0 amide bonds. The molecular weight excluding hydrogens is 274 g/mol. The van der Waals surface area contributed by atoms with Gasteiger partial charge in [0.2, 0.25) is 0 Å². The molecule has 0 atom stereocenters. The first kappa shape index (κ1) is 14.2. The zero-order chi connectivity index (χ0) is 15.5. The highest BCUT2D eigenvalue weighted by molar-refractivity contribution is 5.84. The maximum absolute atomic E-state index is 8.98. The van der Waals surface area contributed by atoms with E-state index in [4.69, 9.17) is 16.3 Å². The third-order valence-corrected chi connectivity index (χ3v) is 4.18. The third kappa shape index (κ3) is 2.54. The van der Waals surface area contributed by atoms with Crippen molar-refractivity contribution in [2.24, 2.45) is 10.7 Å². The van der Waals surface area contributed by atoms with Crippen LogP contribution >= 0.6 is 0 Å². The predicted octanol–water partition coefficient (Wildman–Crippen LogP) is 2.02. The number of nitrogens with two attached hydrogens (primary N) is 1. The molecule has 0 radical (unpaired) electrons. The second-order valence-electron chi connectivity index (χ2n) is 5.63. The van der Waals surface area contributed by atoms with Crippen LogP contribution in [0.1, 0.15) is 29.5 Å². The van der Waals surface area contributed by atoms with Crippen molar-refractivity contribution in [3.63, 3.8) is 0 Å². The van der Waals surface area contributed by atoms with Crippen LogP contribution in [0.5, 0.6) is 0 Å². The molecule has 22 heavy (non-hydrogen) atoms. The van der Waals surface area contributed by atoms with Crippen LogP contribution in [0.2, 0.25) is 0 Å². The molecule has 0 saturated heterocycles. The minimum absolute atomic E-state index is 0.0320. The first-order valence-corrected chi connectivity index (χ1v) is 7.47. The standard InChI is InChI=1S/C17H17N5/c18-9-15(20)16(10-19)21-11-12-7-13-3-1-5-22-6-2-4-14(8-12)17(13)22/h7-8,11H,1-6,20H2/b16-15-,21-11?. The predicted molar refractivity (Wildman–Crippen MR) is 85.3 cm³/mol. The normalized spacial score (nSPS) is 17.5. The van der Waals surface area contributed by atoms with Crippen LogP contribution in [-0.4, -0.2) is 19.3 Å². The Morgan fingerprint density at radius 2 is 1.77 bits per heavy atom. The summed E-state index contributed by atoms with van der Waals surface area (Å²) in [7, 11) is 0. The largest absolute Gasteiger partial charge is 0.388 e. The average Bonchev–Trinajstić information content (AvgIpc) is 2.55. The molecule has 0 unspecified atom stereocenters. The van der Waals surface area contributed by atoms with Gasteiger partial charge in [-0.1, -0.05) is 0 Å². The molecule has 1 aromatic rings. The van der Waals surface area contributed by atoms with Crippen LogP contribution in [0, 0.1) is 22.7 Å². The summed E-state index contributed by atoms with van der Waals surface area (Å²) in [5.41, 5.74) is 10.4. The van der Waals surface area contributed by atoms with Crippen LogP contribution in [0.4, 0.5) is 5.69 Å². The Labute approximate surface area is 130 Å². The molecule has 2 aliphatic heterocycles. The topological polar surface area (TPSA) is 89.2 Å². The highest BCUT2D eigenvalue weighted by atomic mass is 15.1. The van der Waals surface area contributed by atoms with Gasteiger partial charge in [0, 0.05) is 25.0 Å². The van der Waals surface area contributed by atoms with Gasteiger partial charge in [-0.3, -0.25) is 0 Å². The molecule has 0 aliphatic carbocycles. The molecule has 3 rings (SSSR count). The van der Waals surface area contributed by atoms with Crippen molar-refractivity contribution < 1.29 is 0 Å². The first-order chi connectivity index (χ1) is 10.7. The molecule has 5 heteroatoms. The van der Waals surface area contributed by atoms with E-state index in [-0.39, 0.29) is 11.4 Å². The van der Waals surface area contributed by atoms with Gasteiger partial charge >= 0.3 is 0 Å². The highest BCUT2D eigenvalue weighted by Gasteiger charge is 2.23. The number of rotatable bonds is 2. The fourth-order valence-electron chi connectivity index (χ4n) is 3.26. The van der Waals surface area contributed by atoms with Gasteiger partial charge in [-0.05, 0) is 54.5 Å². The zero-order valence-corrected chi connectivity index (χ0v) is 12.3. The Hall–Kier alpha value is -2.79. The second kappa shape index (κ2) is 5.91. The summed E-state index contributed by atoms with van der Waals surface area (Å²) in [4.78, 5) is 6.56. The zero-order valence-electron chi connectivity index (χ0n) is 12.3. The SMILES string of the molecule is N#C/C(N)=C(\C#N)N=Cc1cc2c3c(c1)CCCN3CCC2. The van der Waals surface area contributed by atoms with E-state index in [9.17, 15) is 0 Å². The number of benzene rings is 1. The maximum Gasteiger partial charge on any atom is 0.174 e. The Bertz CT molecular complexity index is 714. The minimum atomic E-state index is -0.149. The summed E-state index contributed by atoms with van der Waals surface area (Å²) in [5, 5.41) is 17.7. The summed E-state index contributed by atoms with van der Waals surface area (Å²) in [6, 6.07) is 7.88. The second-order valence-corrected chi connectivity index (χ2v) is 5.63. The van der Waals surface area contributed by atoms with Crippen molar-refractivity contribution in [3.8, 4) is 12.1 Å². The third-order valence-electron chi connectivity index (χ3n) is 4.18. The van der Waals surface area contributed by atoms with Crippen LogP contribution in [0.15, 0.2) is 28.5 Å². The summed E-state index contributed by atoms with van der Waals surface area (Å²) in [6.07, 6.45) is 6.16. The van der Waals surface area contributed by atoms with E-state index in [1.807, 2.05) is 6.07 Å². The molecule has 5 nitrogen and oxygen atoms in total. The molecule has 2 aliphatic rings. The van der Waals surface area contributed by atoms with E-state index < -0.39 is 0 Å². The van der Waals surface area contributed by atoms with Crippen molar-refractivity contribution in [2.45, 2.75) is 25.7 Å². The van der Waals surface area contributed by atoms with Gasteiger partial charge in [0.05, 0.1) is 0 Å². The molecule has 2 N–H and O–H groups in total. The van der Waals surface area contributed by atoms with Gasteiger partial charge in [0.15, 0.2) is 5.70 Å². The lowest BCUT2D eigenvalue weighted by Crippen LogP contribution is -2.34. The maximum atomic E-state index is 8.98. The van der Waals surface area contributed by atoms with Gasteiger partial charge in [0.25, 0.3) is 0 Å². The number of hydrogen-bond donors (Lipinski definition) is 1. The van der Waals surface area contributed by atoms with Crippen molar-refractivity contribution in [2.75, 3.05) is 18.0 Å². The molecule has 0 bridgehead atoms. The lowest BCUT2D eigenvalue weighted by Gasteiger charge is -2.37. The number of nitrogens with zero attached hydrogens (tertiary/aromatic N) is 4. The fourth-order valence-corrected chi connectivity index (χ4v) is 3.26. The van der Waals surface area contributed by atoms with Crippen LogP contribution in [0.3, 0.4) is 0 Å². The van der Waals surface area contributed by atoms with Crippen molar-refractivity contribution in [1.29, 1.82) is 10.5 Å². The molecule has 0 fully saturated rings. The highest BCUT2D eigenvalue weighted by Crippen LogP contribution is 2.35. The first-order valence-electron chi connectivity index (χ1n) is 7.47. The fraction of sp³-hybridized carbons (Fsp3) is 0.353. The van der Waals surface area contributed by atoms with Gasteiger partial charge < -0.3 is 10.6 Å². The van der Waals surface area contributed by atoms with Crippen molar-refractivity contribution >= 4 is 11.9 Å². The number of aliphatic imine (C=N–C) groups is 1. The smallest absolute Gasteiger partial charge is 0.174 e. The minimum Gasteiger partial charge on any atom is -0.388 e. The molecule has 110 valence electrons. The Morgan fingerprint density at radius 1 is 1.14 bits per heavy atom. The van der Waals surface area contributed by atoms with Crippen LogP contribution < -0.4 is 10.6 Å². The van der Waals surface area contributed by atoms with Crippen molar-refractivity contribution in [3.05, 3.63) is 40.2 Å². The van der Waals surface area contributed by atoms with E-state index in [1.165, 1.54) is 29.7 Å². The van der Waals surface area contributed by atoms with Gasteiger partial charge in [-0.2, -0.15) is 10.5 Å². The molecule has 0 aromatic heterocycles. The Morgan fingerprint density at radius 3 is 2.32 bits per heavy atom. The lowest BCUT2D eigenvalue weighted by molar-refractivity contribution is 0.634. The number of anilines is 1. The van der Waals surface area contributed by atoms with Gasteiger partial charge in [-0.25, -0.2) is 4.99 Å². The number of allylic oxidation sites excluding steroid dienone is 2. The summed E-state index contributed by atoms with van der Waals surface area (Å²) >= 11 is 0. The molecule has 0 spiro atoms. The average molecular weight is 291 g/mol. The van der Waals surface area contributed by atoms with E-state index >= 15 is 0 Å². The molecule has 1 aromatic carbocycles. The molecule has 0 saturated carbocycles. The van der Waals surface area contributed by atoms with Crippen molar-refractivity contribution in [1.82, 2.24) is 0 Å². The molecular formula is C17H17N5. The van der Waals surface area contributed by atoms with Gasteiger partial charge in [-0.15, -0.1) is 0 Å². The van der Waals surface area contributed by atoms with Gasteiger partial charge in [0.1, 0.15) is 17.8 Å². The van der Waals surface area contributed by atoms with E-state index in [1.54, 1.807) is 12.3 Å². The lowest BCUT2D eigenvalue weighted by atomic mass is 9.90. The quantitative estimate of drug-likeness (QED) is 0.667. The van der Waals surface area contributed by atoms with Crippen LogP contribution in [0.25, 0.3) is 0 Å². The Kier molecular flexibility index (Phi) is 3.80. The summed E-state index contributed by atoms with van der Waals surface area (Å²) < 4.78 is 0. The monoisotopic (exact) mass is 291 g/mol. The number of aryl methyl sites for hydroxylation is 2. The van der Waals surface area contributed by atoms with E-state index in [0.29, 0.717) is 0 Å². The van der Waals surface area contributed by atoms with E-state index in [0.717, 1.165) is 31.5 Å². The number of nitriles is 2. The van der Waals surface area contributed by atoms with Crippen LogP contribution in [-0.2, 0) is 12.8 Å². The molecule has 2 heterocycles. The Balaban J connectivity index is 1.97. The summed E-state index contributed by atoms with van der Waals surface area (Å²) in [6.45, 7) is 2.29.